The fraction of sp³-hybridized carbons (Fsp3) is 0.440. The van der Waals surface area contributed by atoms with Crippen molar-refractivity contribution in [2.75, 3.05) is 50.8 Å². The molecule has 0 bridgehead atoms. The van der Waals surface area contributed by atoms with E-state index in [9.17, 15) is 9.59 Å². The molecular formula is C25H31N3O4. The van der Waals surface area contributed by atoms with Crippen molar-refractivity contribution in [3.05, 3.63) is 54.1 Å². The average Bonchev–Trinajstić information content (AvgIpc) is 2.84. The van der Waals surface area contributed by atoms with Crippen molar-refractivity contribution in [1.82, 2.24) is 9.80 Å². The summed E-state index contributed by atoms with van der Waals surface area (Å²) in [5.41, 5.74) is 2.03. The van der Waals surface area contributed by atoms with Crippen molar-refractivity contribution in [1.29, 1.82) is 0 Å². The van der Waals surface area contributed by atoms with E-state index in [1.54, 1.807) is 4.90 Å². The van der Waals surface area contributed by atoms with Crippen LogP contribution in [0.25, 0.3) is 0 Å². The number of rotatable bonds is 7. The van der Waals surface area contributed by atoms with E-state index in [4.69, 9.17) is 9.47 Å². The second kappa shape index (κ2) is 10.5. The molecule has 32 heavy (non-hydrogen) atoms. The fourth-order valence-electron chi connectivity index (χ4n) is 4.21. The lowest BCUT2D eigenvalue weighted by atomic mass is 10.1. The van der Waals surface area contributed by atoms with Gasteiger partial charge in [-0.05, 0) is 36.8 Å². The molecule has 7 heteroatoms. The SMILES string of the molecule is CCOc1ccc(CN2CCN(C(=O)CCC(=O)N3CCOc4ccccc43)CC2)cc1. The van der Waals surface area contributed by atoms with Crippen molar-refractivity contribution in [3.8, 4) is 11.5 Å². The standard InChI is InChI=1S/C25H31N3O4/c1-2-31-21-9-7-20(8-10-21)19-26-13-15-27(16-14-26)24(29)11-12-25(30)28-17-18-32-23-6-4-3-5-22(23)28/h3-10H,2,11-19H2,1H3. The molecular weight excluding hydrogens is 406 g/mol. The number of nitrogens with zero attached hydrogens (tertiary/aromatic N) is 3. The molecule has 2 heterocycles. The van der Waals surface area contributed by atoms with Crippen LogP contribution in [0.3, 0.4) is 0 Å². The molecule has 1 fully saturated rings. The summed E-state index contributed by atoms with van der Waals surface area (Å²) in [4.78, 5) is 31.4. The first-order chi connectivity index (χ1) is 15.6. The topological polar surface area (TPSA) is 62.3 Å². The van der Waals surface area contributed by atoms with Gasteiger partial charge in [0.2, 0.25) is 11.8 Å². The van der Waals surface area contributed by atoms with Gasteiger partial charge in [0.1, 0.15) is 18.1 Å². The summed E-state index contributed by atoms with van der Waals surface area (Å²) in [5.74, 6) is 1.65. The predicted molar refractivity (Wildman–Crippen MR) is 123 cm³/mol. The van der Waals surface area contributed by atoms with Crippen LogP contribution in [0, 0.1) is 0 Å². The zero-order valence-corrected chi connectivity index (χ0v) is 18.7. The van der Waals surface area contributed by atoms with E-state index >= 15 is 0 Å². The van der Waals surface area contributed by atoms with E-state index < -0.39 is 0 Å². The number of ether oxygens (including phenoxy) is 2. The number of amides is 2. The number of anilines is 1. The van der Waals surface area contributed by atoms with E-state index in [1.165, 1.54) is 5.56 Å². The fourth-order valence-corrected chi connectivity index (χ4v) is 4.21. The maximum atomic E-state index is 12.8. The van der Waals surface area contributed by atoms with Gasteiger partial charge in [-0.25, -0.2) is 0 Å². The second-order valence-electron chi connectivity index (χ2n) is 8.10. The molecule has 0 aliphatic carbocycles. The van der Waals surface area contributed by atoms with E-state index in [0.29, 0.717) is 32.8 Å². The number of carbonyl (C=O) groups is 2. The lowest BCUT2D eigenvalue weighted by Crippen LogP contribution is -2.48. The summed E-state index contributed by atoms with van der Waals surface area (Å²) in [6, 6.07) is 15.7. The van der Waals surface area contributed by atoms with Gasteiger partial charge < -0.3 is 19.3 Å². The number of piperazine rings is 1. The number of carbonyl (C=O) groups excluding carboxylic acids is 2. The van der Waals surface area contributed by atoms with E-state index in [1.807, 2.05) is 48.2 Å². The van der Waals surface area contributed by atoms with Crippen molar-refractivity contribution >= 4 is 17.5 Å². The number of fused-ring (bicyclic) bond motifs is 1. The third-order valence-corrected chi connectivity index (χ3v) is 5.95. The second-order valence-corrected chi connectivity index (χ2v) is 8.10. The van der Waals surface area contributed by atoms with E-state index in [0.717, 1.165) is 36.8 Å². The summed E-state index contributed by atoms with van der Waals surface area (Å²) in [5, 5.41) is 0. The third-order valence-electron chi connectivity index (χ3n) is 5.95. The normalized spacial score (nSPS) is 16.3. The first-order valence-corrected chi connectivity index (χ1v) is 11.4. The quantitative estimate of drug-likeness (QED) is 0.667. The molecule has 4 rings (SSSR count). The molecule has 0 spiro atoms. The number of hydrogen-bond acceptors (Lipinski definition) is 5. The van der Waals surface area contributed by atoms with Gasteiger partial charge in [0.05, 0.1) is 18.8 Å². The molecule has 0 saturated carbocycles. The number of hydrogen-bond donors (Lipinski definition) is 0. The molecule has 2 aromatic rings. The molecule has 1 saturated heterocycles. The summed E-state index contributed by atoms with van der Waals surface area (Å²) in [6.07, 6.45) is 0.469. The highest BCUT2D eigenvalue weighted by molar-refractivity contribution is 5.97. The summed E-state index contributed by atoms with van der Waals surface area (Å²) >= 11 is 0. The Hall–Kier alpha value is -3.06. The Balaban J connectivity index is 1.21. The van der Waals surface area contributed by atoms with Crippen LogP contribution in [0.2, 0.25) is 0 Å². The molecule has 2 aliphatic rings. The van der Waals surface area contributed by atoms with Crippen molar-refractivity contribution in [2.45, 2.75) is 26.3 Å². The molecule has 0 N–H and O–H groups in total. The van der Waals surface area contributed by atoms with Crippen molar-refractivity contribution in [2.24, 2.45) is 0 Å². The predicted octanol–water partition coefficient (Wildman–Crippen LogP) is 2.94. The Morgan fingerprint density at radius 1 is 0.906 bits per heavy atom. The number of para-hydroxylation sites is 2. The molecule has 0 radical (unpaired) electrons. The maximum absolute atomic E-state index is 12.8. The van der Waals surface area contributed by atoms with Gasteiger partial charge in [-0.1, -0.05) is 24.3 Å². The average molecular weight is 438 g/mol. The Bertz CT molecular complexity index is 923. The first-order valence-electron chi connectivity index (χ1n) is 11.4. The van der Waals surface area contributed by atoms with Gasteiger partial charge in [-0.3, -0.25) is 14.5 Å². The molecule has 0 aromatic heterocycles. The Labute approximate surface area is 189 Å². The maximum Gasteiger partial charge on any atom is 0.227 e. The lowest BCUT2D eigenvalue weighted by molar-refractivity contribution is -0.134. The van der Waals surface area contributed by atoms with Crippen LogP contribution in [-0.4, -0.2) is 67.6 Å². The van der Waals surface area contributed by atoms with Crippen molar-refractivity contribution < 1.29 is 19.1 Å². The molecule has 7 nitrogen and oxygen atoms in total. The zero-order chi connectivity index (χ0) is 22.3. The third kappa shape index (κ3) is 5.40. The molecule has 170 valence electrons. The Kier molecular flexibility index (Phi) is 7.27. The largest absolute Gasteiger partial charge is 0.494 e. The number of benzene rings is 2. The minimum Gasteiger partial charge on any atom is -0.494 e. The highest BCUT2D eigenvalue weighted by Crippen LogP contribution is 2.31. The summed E-state index contributed by atoms with van der Waals surface area (Å²) < 4.78 is 11.1. The monoisotopic (exact) mass is 437 g/mol. The summed E-state index contributed by atoms with van der Waals surface area (Å²) in [6.45, 7) is 7.58. The van der Waals surface area contributed by atoms with Gasteiger partial charge in [-0.2, -0.15) is 0 Å². The van der Waals surface area contributed by atoms with Crippen LogP contribution in [0.4, 0.5) is 5.69 Å². The lowest BCUT2D eigenvalue weighted by Gasteiger charge is -2.35. The zero-order valence-electron chi connectivity index (χ0n) is 18.7. The Morgan fingerprint density at radius 2 is 1.62 bits per heavy atom. The highest BCUT2D eigenvalue weighted by atomic mass is 16.5. The first kappa shape index (κ1) is 22.1. The molecule has 2 aliphatic heterocycles. The smallest absolute Gasteiger partial charge is 0.227 e. The van der Waals surface area contributed by atoms with Gasteiger partial charge in [0.25, 0.3) is 0 Å². The van der Waals surface area contributed by atoms with Crippen LogP contribution < -0.4 is 14.4 Å². The van der Waals surface area contributed by atoms with Gasteiger partial charge in [-0.15, -0.1) is 0 Å². The van der Waals surface area contributed by atoms with E-state index in [2.05, 4.69) is 17.0 Å². The van der Waals surface area contributed by atoms with Gasteiger partial charge in [0, 0.05) is 45.6 Å². The van der Waals surface area contributed by atoms with Crippen LogP contribution in [-0.2, 0) is 16.1 Å². The van der Waals surface area contributed by atoms with E-state index in [-0.39, 0.29) is 24.7 Å². The highest BCUT2D eigenvalue weighted by Gasteiger charge is 2.26. The van der Waals surface area contributed by atoms with Gasteiger partial charge >= 0.3 is 0 Å². The Morgan fingerprint density at radius 3 is 2.38 bits per heavy atom. The molecule has 0 unspecified atom stereocenters. The molecule has 0 atom stereocenters. The van der Waals surface area contributed by atoms with Crippen molar-refractivity contribution in [3.63, 3.8) is 0 Å². The van der Waals surface area contributed by atoms with Crippen LogP contribution >= 0.6 is 0 Å². The van der Waals surface area contributed by atoms with Gasteiger partial charge in [0.15, 0.2) is 0 Å². The van der Waals surface area contributed by atoms with Crippen LogP contribution in [0.1, 0.15) is 25.3 Å². The van der Waals surface area contributed by atoms with Crippen LogP contribution in [0.15, 0.2) is 48.5 Å². The summed E-state index contributed by atoms with van der Waals surface area (Å²) in [7, 11) is 0. The minimum absolute atomic E-state index is 0.0248. The molecule has 2 amide bonds. The molecule has 2 aromatic carbocycles. The van der Waals surface area contributed by atoms with Crippen LogP contribution in [0.5, 0.6) is 11.5 Å². The minimum atomic E-state index is -0.0248.